The Hall–Kier alpha value is -3.71. The molecular formula is C23H14ClF2NO4. The van der Waals surface area contributed by atoms with E-state index in [1.54, 1.807) is 12.1 Å². The lowest BCUT2D eigenvalue weighted by atomic mass is 9.95. The summed E-state index contributed by atoms with van der Waals surface area (Å²) in [5.74, 6) is -5.01. The smallest absolute Gasteiger partial charge is 0.300 e. The van der Waals surface area contributed by atoms with Gasteiger partial charge >= 0.3 is 0 Å². The van der Waals surface area contributed by atoms with Gasteiger partial charge in [-0.25, -0.2) is 8.78 Å². The topological polar surface area (TPSA) is 77.8 Å². The molecule has 8 heteroatoms. The summed E-state index contributed by atoms with van der Waals surface area (Å²) in [7, 11) is 0. The standard InChI is InChI=1S/C23H14ClF2NO4/c24-14-5-1-4-13(9-14)21(29)19-20(12-3-2-6-16(28)10-12)27(23(31)22(19)30)15-7-8-17(25)18(26)11-15/h1-11,20,28-29H/b21-19+. The average molecular weight is 442 g/mol. The molecule has 1 heterocycles. The first-order valence-corrected chi connectivity index (χ1v) is 9.46. The van der Waals surface area contributed by atoms with E-state index in [-0.39, 0.29) is 28.1 Å². The number of carbonyl (C=O) groups is 2. The maximum Gasteiger partial charge on any atom is 0.300 e. The lowest BCUT2D eigenvalue weighted by Gasteiger charge is -2.25. The number of halogens is 3. The zero-order chi connectivity index (χ0) is 22.3. The molecule has 0 aliphatic carbocycles. The van der Waals surface area contributed by atoms with Gasteiger partial charge in [-0.1, -0.05) is 35.9 Å². The average Bonchev–Trinajstić information content (AvgIpc) is 3.00. The summed E-state index contributed by atoms with van der Waals surface area (Å²) in [6.07, 6.45) is 0. The van der Waals surface area contributed by atoms with E-state index in [4.69, 9.17) is 11.6 Å². The van der Waals surface area contributed by atoms with Gasteiger partial charge in [-0.05, 0) is 42.0 Å². The van der Waals surface area contributed by atoms with Crippen LogP contribution in [0.4, 0.5) is 14.5 Å². The van der Waals surface area contributed by atoms with E-state index in [2.05, 4.69) is 0 Å². The predicted molar refractivity (Wildman–Crippen MR) is 111 cm³/mol. The summed E-state index contributed by atoms with van der Waals surface area (Å²) in [6, 6.07) is 13.4. The van der Waals surface area contributed by atoms with E-state index in [0.717, 1.165) is 23.1 Å². The molecule has 1 atom stereocenters. The number of benzene rings is 3. The van der Waals surface area contributed by atoms with Gasteiger partial charge in [0.25, 0.3) is 11.7 Å². The van der Waals surface area contributed by atoms with Crippen molar-refractivity contribution >= 4 is 34.7 Å². The van der Waals surface area contributed by atoms with Crippen LogP contribution in [-0.2, 0) is 9.59 Å². The van der Waals surface area contributed by atoms with Crippen LogP contribution in [0.1, 0.15) is 17.2 Å². The van der Waals surface area contributed by atoms with Gasteiger partial charge in [0.05, 0.1) is 11.6 Å². The van der Waals surface area contributed by atoms with Crippen LogP contribution in [0.5, 0.6) is 5.75 Å². The van der Waals surface area contributed by atoms with Gasteiger partial charge in [0, 0.05) is 22.3 Å². The van der Waals surface area contributed by atoms with E-state index in [0.29, 0.717) is 5.02 Å². The first-order chi connectivity index (χ1) is 14.8. The fourth-order valence-corrected chi connectivity index (χ4v) is 3.73. The molecule has 1 saturated heterocycles. The largest absolute Gasteiger partial charge is 0.508 e. The van der Waals surface area contributed by atoms with Crippen LogP contribution >= 0.6 is 11.6 Å². The molecule has 3 aromatic rings. The van der Waals surface area contributed by atoms with Crippen LogP contribution in [0.25, 0.3) is 5.76 Å². The van der Waals surface area contributed by atoms with Gasteiger partial charge in [-0.3, -0.25) is 14.5 Å². The SMILES string of the molecule is O=C1C(=O)N(c2ccc(F)c(F)c2)C(c2cccc(O)c2)/C1=C(\O)c1cccc(Cl)c1. The molecule has 5 nitrogen and oxygen atoms in total. The number of aliphatic hydroxyl groups is 1. The Balaban J connectivity index is 1.97. The number of ketones is 1. The van der Waals surface area contributed by atoms with Crippen molar-refractivity contribution in [1.82, 2.24) is 0 Å². The van der Waals surface area contributed by atoms with Gasteiger partial charge in [0.15, 0.2) is 11.6 Å². The third kappa shape index (κ3) is 3.64. The highest BCUT2D eigenvalue weighted by atomic mass is 35.5. The Morgan fingerprint density at radius 1 is 0.935 bits per heavy atom. The second-order valence-electron chi connectivity index (χ2n) is 6.87. The van der Waals surface area contributed by atoms with Crippen molar-refractivity contribution in [1.29, 1.82) is 0 Å². The second-order valence-corrected chi connectivity index (χ2v) is 7.31. The van der Waals surface area contributed by atoms with Crippen LogP contribution in [0.3, 0.4) is 0 Å². The highest BCUT2D eigenvalue weighted by Gasteiger charge is 2.47. The highest BCUT2D eigenvalue weighted by molar-refractivity contribution is 6.51. The number of aliphatic hydroxyl groups excluding tert-OH is 1. The number of amides is 1. The number of Topliss-reactive ketones (excluding diaryl/α,β-unsaturated/α-hetero) is 1. The molecule has 1 amide bonds. The molecule has 0 bridgehead atoms. The predicted octanol–water partition coefficient (Wildman–Crippen LogP) is 4.95. The fraction of sp³-hybridized carbons (Fsp3) is 0.0435. The minimum absolute atomic E-state index is 0.0838. The van der Waals surface area contributed by atoms with Crippen molar-refractivity contribution in [2.24, 2.45) is 0 Å². The molecule has 2 N–H and O–H groups in total. The summed E-state index contributed by atoms with van der Waals surface area (Å²) in [4.78, 5) is 26.8. The lowest BCUT2D eigenvalue weighted by molar-refractivity contribution is -0.132. The molecule has 0 saturated carbocycles. The number of phenols is 1. The molecule has 3 aromatic carbocycles. The van der Waals surface area contributed by atoms with Gasteiger partial charge in [-0.15, -0.1) is 0 Å². The zero-order valence-corrected chi connectivity index (χ0v) is 16.5. The second kappa shape index (κ2) is 7.85. The maximum absolute atomic E-state index is 13.9. The maximum atomic E-state index is 13.9. The molecule has 156 valence electrons. The molecule has 0 radical (unpaired) electrons. The van der Waals surface area contributed by atoms with Crippen LogP contribution in [0.2, 0.25) is 5.02 Å². The first-order valence-electron chi connectivity index (χ1n) is 9.09. The monoisotopic (exact) mass is 441 g/mol. The lowest BCUT2D eigenvalue weighted by Crippen LogP contribution is -2.29. The van der Waals surface area contributed by atoms with Crippen molar-refractivity contribution in [3.8, 4) is 5.75 Å². The van der Waals surface area contributed by atoms with E-state index in [1.807, 2.05) is 0 Å². The van der Waals surface area contributed by atoms with E-state index in [9.17, 15) is 28.6 Å². The van der Waals surface area contributed by atoms with Crippen molar-refractivity contribution in [2.45, 2.75) is 6.04 Å². The van der Waals surface area contributed by atoms with E-state index in [1.165, 1.54) is 36.4 Å². The third-order valence-corrected chi connectivity index (χ3v) is 5.14. The molecule has 0 spiro atoms. The molecule has 1 unspecified atom stereocenters. The number of aromatic hydroxyl groups is 1. The molecule has 1 fully saturated rings. The Morgan fingerprint density at radius 2 is 1.68 bits per heavy atom. The summed E-state index contributed by atoms with van der Waals surface area (Å²) in [6.45, 7) is 0. The Kier molecular flexibility index (Phi) is 5.20. The molecule has 0 aromatic heterocycles. The van der Waals surface area contributed by atoms with Crippen molar-refractivity contribution in [3.05, 3.63) is 100 Å². The number of anilines is 1. The van der Waals surface area contributed by atoms with Crippen molar-refractivity contribution in [2.75, 3.05) is 4.90 Å². The summed E-state index contributed by atoms with van der Waals surface area (Å²) in [5, 5.41) is 21.1. The minimum Gasteiger partial charge on any atom is -0.508 e. The minimum atomic E-state index is -1.20. The van der Waals surface area contributed by atoms with E-state index < -0.39 is 35.1 Å². The van der Waals surface area contributed by atoms with Crippen LogP contribution in [0.15, 0.2) is 72.3 Å². The molecule has 4 rings (SSSR count). The van der Waals surface area contributed by atoms with Gasteiger partial charge in [0.2, 0.25) is 0 Å². The number of hydrogen-bond donors (Lipinski definition) is 2. The normalized spacial score (nSPS) is 17.9. The number of carbonyl (C=O) groups excluding carboxylic acids is 2. The third-order valence-electron chi connectivity index (χ3n) is 4.91. The number of rotatable bonds is 3. The Morgan fingerprint density at radius 3 is 2.35 bits per heavy atom. The van der Waals surface area contributed by atoms with E-state index >= 15 is 0 Å². The number of nitrogens with zero attached hydrogens (tertiary/aromatic N) is 1. The molecule has 31 heavy (non-hydrogen) atoms. The fourth-order valence-electron chi connectivity index (χ4n) is 3.54. The summed E-state index contributed by atoms with van der Waals surface area (Å²) in [5.41, 5.74) is 0.121. The van der Waals surface area contributed by atoms with Gasteiger partial charge in [-0.2, -0.15) is 0 Å². The van der Waals surface area contributed by atoms with Crippen LogP contribution in [0, 0.1) is 11.6 Å². The molecule has 1 aliphatic rings. The van der Waals surface area contributed by atoms with Crippen LogP contribution in [-0.4, -0.2) is 21.9 Å². The summed E-state index contributed by atoms with van der Waals surface area (Å²) < 4.78 is 27.4. The summed E-state index contributed by atoms with van der Waals surface area (Å²) >= 11 is 5.99. The van der Waals surface area contributed by atoms with Crippen molar-refractivity contribution in [3.63, 3.8) is 0 Å². The van der Waals surface area contributed by atoms with Crippen molar-refractivity contribution < 1.29 is 28.6 Å². The first kappa shape index (κ1) is 20.6. The molecule has 1 aliphatic heterocycles. The number of hydrogen-bond acceptors (Lipinski definition) is 4. The van der Waals surface area contributed by atoms with Crippen LogP contribution < -0.4 is 4.90 Å². The molecular weight excluding hydrogens is 428 g/mol. The zero-order valence-electron chi connectivity index (χ0n) is 15.7. The quantitative estimate of drug-likeness (QED) is 0.342. The Labute approximate surface area is 180 Å². The highest BCUT2D eigenvalue weighted by Crippen LogP contribution is 2.43. The van der Waals surface area contributed by atoms with Gasteiger partial charge in [0.1, 0.15) is 11.5 Å². The van der Waals surface area contributed by atoms with Gasteiger partial charge < -0.3 is 10.2 Å². The number of phenolic OH excluding ortho intramolecular Hbond substituents is 1. The Bertz CT molecular complexity index is 1260.